The van der Waals surface area contributed by atoms with Crippen LogP contribution in [0.1, 0.15) is 38.8 Å². The Morgan fingerprint density at radius 2 is 1.72 bits per heavy atom. The highest BCUT2D eigenvalue weighted by molar-refractivity contribution is 5.48. The van der Waals surface area contributed by atoms with Gasteiger partial charge >= 0.3 is 0 Å². The maximum absolute atomic E-state index is 5.99. The van der Waals surface area contributed by atoms with Crippen molar-refractivity contribution in [1.82, 2.24) is 5.32 Å². The third kappa shape index (κ3) is 4.34. The third-order valence-corrected chi connectivity index (χ3v) is 3.71. The maximum Gasteiger partial charge on any atom is 0.0359 e. The number of nitrogen functional groups attached to an aromatic ring is 1. The second-order valence-corrected chi connectivity index (χ2v) is 5.99. The Labute approximate surface area is 112 Å². The highest BCUT2D eigenvalue weighted by atomic mass is 14.9. The number of aryl methyl sites for hydroxylation is 1. The molecule has 3 N–H and O–H groups in total. The van der Waals surface area contributed by atoms with Crippen LogP contribution in [0.15, 0.2) is 18.2 Å². The molecular formula is C16H28N2. The minimum atomic E-state index is 0.715. The zero-order valence-corrected chi connectivity index (χ0v) is 12.5. The summed E-state index contributed by atoms with van der Waals surface area (Å²) >= 11 is 0. The fraction of sp³-hybridized carbons (Fsp3) is 0.625. The van der Waals surface area contributed by atoms with E-state index in [-0.39, 0.29) is 0 Å². The fourth-order valence-electron chi connectivity index (χ4n) is 2.50. The van der Waals surface area contributed by atoms with Crippen LogP contribution < -0.4 is 11.1 Å². The molecule has 0 saturated heterocycles. The molecule has 0 radical (unpaired) electrons. The molecule has 0 aliphatic carbocycles. The lowest BCUT2D eigenvalue weighted by Gasteiger charge is -2.25. The molecule has 1 aromatic rings. The summed E-state index contributed by atoms with van der Waals surface area (Å²) in [6.45, 7) is 13.2. The summed E-state index contributed by atoms with van der Waals surface area (Å²) < 4.78 is 0. The lowest BCUT2D eigenvalue weighted by molar-refractivity contribution is 0.275. The van der Waals surface area contributed by atoms with Crippen LogP contribution in [0.5, 0.6) is 0 Å². The molecule has 0 atom stereocenters. The molecule has 0 aliphatic rings. The van der Waals surface area contributed by atoms with Crippen molar-refractivity contribution in [2.75, 3.05) is 12.3 Å². The largest absolute Gasteiger partial charge is 0.398 e. The first kappa shape index (κ1) is 15.0. The predicted octanol–water partition coefficient (Wildman–Crippen LogP) is 3.60. The Kier molecular flexibility index (Phi) is 5.67. The summed E-state index contributed by atoms with van der Waals surface area (Å²) in [4.78, 5) is 0. The van der Waals surface area contributed by atoms with Gasteiger partial charge in [0.2, 0.25) is 0 Å². The number of nitrogens with one attached hydrogen (secondary N) is 1. The Balaban J connectivity index is 2.52. The topological polar surface area (TPSA) is 38.0 Å². The number of hydrogen-bond donors (Lipinski definition) is 2. The van der Waals surface area contributed by atoms with Crippen molar-refractivity contribution >= 4 is 5.69 Å². The Morgan fingerprint density at radius 3 is 2.28 bits per heavy atom. The zero-order valence-electron chi connectivity index (χ0n) is 12.5. The van der Waals surface area contributed by atoms with E-state index in [1.807, 2.05) is 6.07 Å². The predicted molar refractivity (Wildman–Crippen MR) is 80.5 cm³/mol. The van der Waals surface area contributed by atoms with Gasteiger partial charge in [0.15, 0.2) is 0 Å². The van der Waals surface area contributed by atoms with Gasteiger partial charge in [-0.3, -0.25) is 0 Å². The van der Waals surface area contributed by atoms with E-state index < -0.39 is 0 Å². The van der Waals surface area contributed by atoms with Crippen molar-refractivity contribution in [3.05, 3.63) is 29.3 Å². The standard InChI is InChI=1S/C16H28N2/c1-11(2)15(12(3)4)10-18-9-14-8-13(5)6-7-16(14)17/h6-8,11-12,15,18H,9-10,17H2,1-5H3. The Morgan fingerprint density at radius 1 is 1.11 bits per heavy atom. The van der Waals surface area contributed by atoms with Gasteiger partial charge in [0, 0.05) is 12.2 Å². The number of hydrogen-bond acceptors (Lipinski definition) is 2. The van der Waals surface area contributed by atoms with Gasteiger partial charge in [-0.05, 0) is 42.9 Å². The van der Waals surface area contributed by atoms with Crippen LogP contribution in [0.2, 0.25) is 0 Å². The monoisotopic (exact) mass is 248 g/mol. The lowest BCUT2D eigenvalue weighted by atomic mass is 9.85. The second kappa shape index (κ2) is 6.79. The van der Waals surface area contributed by atoms with Gasteiger partial charge in [0.05, 0.1) is 0 Å². The molecule has 0 aromatic heterocycles. The van der Waals surface area contributed by atoms with E-state index in [9.17, 15) is 0 Å². The minimum Gasteiger partial charge on any atom is -0.398 e. The quantitative estimate of drug-likeness (QED) is 0.755. The molecule has 0 spiro atoms. The van der Waals surface area contributed by atoms with Gasteiger partial charge in [-0.1, -0.05) is 45.4 Å². The summed E-state index contributed by atoms with van der Waals surface area (Å²) in [6.07, 6.45) is 0. The van der Waals surface area contributed by atoms with E-state index in [2.05, 4.69) is 52.1 Å². The highest BCUT2D eigenvalue weighted by Crippen LogP contribution is 2.20. The van der Waals surface area contributed by atoms with Crippen LogP contribution in [0.3, 0.4) is 0 Å². The normalized spacial score (nSPS) is 11.8. The van der Waals surface area contributed by atoms with Crippen molar-refractivity contribution in [1.29, 1.82) is 0 Å². The summed E-state index contributed by atoms with van der Waals surface area (Å²) in [5, 5.41) is 3.55. The van der Waals surface area contributed by atoms with Crippen molar-refractivity contribution in [2.45, 2.75) is 41.2 Å². The molecule has 0 amide bonds. The first-order valence-corrected chi connectivity index (χ1v) is 6.97. The molecule has 1 rings (SSSR count). The van der Waals surface area contributed by atoms with Crippen LogP contribution in [-0.4, -0.2) is 6.54 Å². The minimum absolute atomic E-state index is 0.715. The zero-order chi connectivity index (χ0) is 13.7. The molecule has 0 saturated carbocycles. The molecule has 1 aromatic carbocycles. The van der Waals surface area contributed by atoms with Gasteiger partial charge in [-0.25, -0.2) is 0 Å². The smallest absolute Gasteiger partial charge is 0.0359 e. The van der Waals surface area contributed by atoms with Gasteiger partial charge in [-0.15, -0.1) is 0 Å². The lowest BCUT2D eigenvalue weighted by Crippen LogP contribution is -2.29. The van der Waals surface area contributed by atoms with Gasteiger partial charge < -0.3 is 11.1 Å². The molecule has 0 unspecified atom stereocenters. The summed E-state index contributed by atoms with van der Waals surface area (Å²) in [5.41, 5.74) is 9.35. The van der Waals surface area contributed by atoms with Crippen LogP contribution in [-0.2, 0) is 6.54 Å². The molecule has 2 nitrogen and oxygen atoms in total. The van der Waals surface area contributed by atoms with Crippen molar-refractivity contribution in [3.8, 4) is 0 Å². The molecule has 0 fully saturated rings. The van der Waals surface area contributed by atoms with Crippen LogP contribution in [0, 0.1) is 24.7 Å². The van der Waals surface area contributed by atoms with Crippen LogP contribution >= 0.6 is 0 Å². The van der Waals surface area contributed by atoms with Gasteiger partial charge in [0.25, 0.3) is 0 Å². The van der Waals surface area contributed by atoms with Gasteiger partial charge in [0.1, 0.15) is 0 Å². The van der Waals surface area contributed by atoms with Crippen molar-refractivity contribution in [2.24, 2.45) is 17.8 Å². The van der Waals surface area contributed by atoms with E-state index >= 15 is 0 Å². The van der Waals surface area contributed by atoms with E-state index in [1.165, 1.54) is 11.1 Å². The first-order valence-electron chi connectivity index (χ1n) is 6.97. The molecule has 0 heterocycles. The molecule has 0 bridgehead atoms. The van der Waals surface area contributed by atoms with E-state index in [4.69, 9.17) is 5.73 Å². The van der Waals surface area contributed by atoms with E-state index in [0.29, 0.717) is 11.8 Å². The fourth-order valence-corrected chi connectivity index (χ4v) is 2.50. The Bertz CT molecular complexity index is 361. The number of rotatable bonds is 6. The van der Waals surface area contributed by atoms with Crippen molar-refractivity contribution < 1.29 is 0 Å². The van der Waals surface area contributed by atoms with Crippen LogP contribution in [0.25, 0.3) is 0 Å². The van der Waals surface area contributed by atoms with Crippen molar-refractivity contribution in [3.63, 3.8) is 0 Å². The van der Waals surface area contributed by atoms with Crippen LogP contribution in [0.4, 0.5) is 5.69 Å². The molecule has 2 heteroatoms. The number of benzene rings is 1. The van der Waals surface area contributed by atoms with E-state index in [1.54, 1.807) is 0 Å². The number of anilines is 1. The molecule has 102 valence electrons. The summed E-state index contributed by atoms with van der Waals surface area (Å²) in [5.74, 6) is 2.15. The number of nitrogens with two attached hydrogens (primary N) is 1. The second-order valence-electron chi connectivity index (χ2n) is 5.99. The SMILES string of the molecule is Cc1ccc(N)c(CNCC(C(C)C)C(C)C)c1. The van der Waals surface area contributed by atoms with E-state index in [0.717, 1.165) is 24.7 Å². The molecule has 0 aliphatic heterocycles. The molecule has 18 heavy (non-hydrogen) atoms. The average molecular weight is 248 g/mol. The summed E-state index contributed by atoms with van der Waals surface area (Å²) in [6, 6.07) is 6.22. The third-order valence-electron chi connectivity index (χ3n) is 3.71. The Hall–Kier alpha value is -1.02. The summed E-state index contributed by atoms with van der Waals surface area (Å²) in [7, 11) is 0. The maximum atomic E-state index is 5.99. The average Bonchev–Trinajstić information content (AvgIpc) is 2.27. The first-order chi connectivity index (χ1) is 8.41. The highest BCUT2D eigenvalue weighted by Gasteiger charge is 2.16. The van der Waals surface area contributed by atoms with Gasteiger partial charge in [-0.2, -0.15) is 0 Å². The molecular weight excluding hydrogens is 220 g/mol.